The monoisotopic (exact) mass is 361 g/mol. The van der Waals surface area contributed by atoms with Gasteiger partial charge in [-0.05, 0) is 29.5 Å². The van der Waals surface area contributed by atoms with Crippen LogP contribution < -0.4 is 5.32 Å². The molecule has 5 heteroatoms. The fourth-order valence-electron chi connectivity index (χ4n) is 3.83. The second kappa shape index (κ2) is 7.00. The Kier molecular flexibility index (Phi) is 4.54. The van der Waals surface area contributed by atoms with Gasteiger partial charge in [-0.2, -0.15) is 5.10 Å². The summed E-state index contributed by atoms with van der Waals surface area (Å²) in [6.45, 7) is 0.197. The Balaban J connectivity index is 1.50. The number of hydrogen-bond acceptors (Lipinski definition) is 3. The Morgan fingerprint density at radius 2 is 1.93 bits per heavy atom. The lowest BCUT2D eigenvalue weighted by Crippen LogP contribution is -2.39. The molecule has 0 aliphatic heterocycles. The van der Waals surface area contributed by atoms with E-state index in [1.807, 2.05) is 61.6 Å². The predicted octanol–water partition coefficient (Wildman–Crippen LogP) is 2.57. The summed E-state index contributed by atoms with van der Waals surface area (Å²) < 4.78 is 1.74. The van der Waals surface area contributed by atoms with Crippen molar-refractivity contribution in [3.8, 4) is 0 Å². The number of aryl methyl sites for hydroxylation is 2. The van der Waals surface area contributed by atoms with Gasteiger partial charge in [-0.3, -0.25) is 9.48 Å². The van der Waals surface area contributed by atoms with Gasteiger partial charge in [-0.25, -0.2) is 0 Å². The molecule has 1 aliphatic rings. The molecule has 0 bridgehead atoms. The lowest BCUT2D eigenvalue weighted by molar-refractivity contribution is 0.0369. The first kappa shape index (κ1) is 17.5. The molecule has 0 radical (unpaired) electrons. The van der Waals surface area contributed by atoms with Crippen LogP contribution in [-0.4, -0.2) is 27.3 Å². The largest absolute Gasteiger partial charge is 0.383 e. The number of fused-ring (bicyclic) bond motifs is 1. The molecule has 0 saturated carbocycles. The molecule has 2 N–H and O–H groups in total. The highest BCUT2D eigenvalue weighted by molar-refractivity contribution is 5.95. The van der Waals surface area contributed by atoms with E-state index in [2.05, 4.69) is 10.4 Å². The summed E-state index contributed by atoms with van der Waals surface area (Å²) in [4.78, 5) is 12.8. The van der Waals surface area contributed by atoms with Crippen LogP contribution in [0.2, 0.25) is 0 Å². The molecule has 27 heavy (non-hydrogen) atoms. The van der Waals surface area contributed by atoms with Crippen LogP contribution in [0.25, 0.3) is 0 Å². The fraction of sp³-hybridized carbons (Fsp3) is 0.273. The van der Waals surface area contributed by atoms with Crippen molar-refractivity contribution < 1.29 is 9.90 Å². The molecule has 138 valence electrons. The van der Waals surface area contributed by atoms with Gasteiger partial charge in [-0.1, -0.05) is 54.6 Å². The standard InChI is InChI=1S/C22H23N3O2/c1-25-20(13-16-7-3-2-4-8-16)18(14-24-25)21(26)23-15-22(27)12-11-17-9-5-6-10-19(17)22/h2-10,14,27H,11-13,15H2,1H3,(H,23,26). The summed E-state index contributed by atoms with van der Waals surface area (Å²) in [5.74, 6) is -0.202. The van der Waals surface area contributed by atoms with Gasteiger partial charge >= 0.3 is 0 Å². The van der Waals surface area contributed by atoms with E-state index in [4.69, 9.17) is 0 Å². The maximum atomic E-state index is 12.8. The van der Waals surface area contributed by atoms with Crippen molar-refractivity contribution in [3.05, 3.63) is 88.7 Å². The number of benzene rings is 2. The van der Waals surface area contributed by atoms with E-state index in [0.29, 0.717) is 18.4 Å². The van der Waals surface area contributed by atoms with E-state index >= 15 is 0 Å². The summed E-state index contributed by atoms with van der Waals surface area (Å²) in [5, 5.41) is 18.2. The molecule has 3 aromatic rings. The molecule has 1 unspecified atom stereocenters. The van der Waals surface area contributed by atoms with Crippen LogP contribution in [0, 0.1) is 0 Å². The number of rotatable bonds is 5. The van der Waals surface area contributed by atoms with Crippen molar-refractivity contribution in [1.82, 2.24) is 15.1 Å². The number of carbonyl (C=O) groups excluding carboxylic acids is 1. The molecule has 1 atom stereocenters. The lowest BCUT2D eigenvalue weighted by Gasteiger charge is -2.24. The summed E-state index contributed by atoms with van der Waals surface area (Å²) in [7, 11) is 1.84. The van der Waals surface area contributed by atoms with Gasteiger partial charge < -0.3 is 10.4 Å². The van der Waals surface area contributed by atoms with Crippen LogP contribution in [0.4, 0.5) is 0 Å². The first-order valence-electron chi connectivity index (χ1n) is 9.20. The van der Waals surface area contributed by atoms with E-state index in [-0.39, 0.29) is 12.5 Å². The van der Waals surface area contributed by atoms with Gasteiger partial charge in [-0.15, -0.1) is 0 Å². The molecule has 2 aromatic carbocycles. The van der Waals surface area contributed by atoms with E-state index in [9.17, 15) is 9.90 Å². The molecule has 0 fully saturated rings. The minimum Gasteiger partial charge on any atom is -0.383 e. The number of carbonyl (C=O) groups is 1. The molecule has 1 amide bonds. The third kappa shape index (κ3) is 3.38. The third-order valence-electron chi connectivity index (χ3n) is 5.39. The molecular weight excluding hydrogens is 338 g/mol. The van der Waals surface area contributed by atoms with Crippen molar-refractivity contribution in [2.45, 2.75) is 24.9 Å². The van der Waals surface area contributed by atoms with Gasteiger partial charge in [0.25, 0.3) is 5.91 Å². The van der Waals surface area contributed by atoms with Gasteiger partial charge in [0.1, 0.15) is 5.60 Å². The zero-order valence-electron chi connectivity index (χ0n) is 15.4. The minimum atomic E-state index is -1.01. The average molecular weight is 361 g/mol. The molecule has 5 nitrogen and oxygen atoms in total. The fourth-order valence-corrected chi connectivity index (χ4v) is 3.83. The van der Waals surface area contributed by atoms with Crippen LogP contribution in [0.3, 0.4) is 0 Å². The van der Waals surface area contributed by atoms with Gasteiger partial charge in [0, 0.05) is 13.5 Å². The summed E-state index contributed by atoms with van der Waals surface area (Å²) >= 11 is 0. The van der Waals surface area contributed by atoms with E-state index in [1.165, 1.54) is 0 Å². The Morgan fingerprint density at radius 1 is 1.19 bits per heavy atom. The number of nitrogens with one attached hydrogen (secondary N) is 1. The number of nitrogens with zero attached hydrogens (tertiary/aromatic N) is 2. The summed E-state index contributed by atoms with van der Waals surface area (Å²) in [5.41, 5.74) is 3.60. The zero-order valence-corrected chi connectivity index (χ0v) is 15.4. The molecular formula is C22H23N3O2. The van der Waals surface area contributed by atoms with E-state index in [0.717, 1.165) is 28.8 Å². The molecule has 1 aromatic heterocycles. The lowest BCUT2D eigenvalue weighted by atomic mass is 9.96. The number of hydrogen-bond donors (Lipinski definition) is 2. The molecule has 0 spiro atoms. The summed E-state index contributed by atoms with van der Waals surface area (Å²) in [6, 6.07) is 17.9. The van der Waals surface area contributed by atoms with Gasteiger partial charge in [0.2, 0.25) is 0 Å². The quantitative estimate of drug-likeness (QED) is 0.734. The Labute approximate surface area is 158 Å². The van der Waals surface area contributed by atoms with E-state index < -0.39 is 5.60 Å². The molecule has 0 saturated heterocycles. The highest BCUT2D eigenvalue weighted by Crippen LogP contribution is 2.36. The maximum Gasteiger partial charge on any atom is 0.254 e. The first-order valence-corrected chi connectivity index (χ1v) is 9.20. The van der Waals surface area contributed by atoms with Crippen molar-refractivity contribution in [1.29, 1.82) is 0 Å². The highest BCUT2D eigenvalue weighted by Gasteiger charge is 2.36. The smallest absolute Gasteiger partial charge is 0.254 e. The van der Waals surface area contributed by atoms with Crippen LogP contribution in [0.15, 0.2) is 60.8 Å². The van der Waals surface area contributed by atoms with Crippen LogP contribution in [-0.2, 0) is 25.5 Å². The number of amides is 1. The Hall–Kier alpha value is -2.92. The van der Waals surface area contributed by atoms with Crippen LogP contribution in [0.1, 0.15) is 39.2 Å². The SMILES string of the molecule is Cn1ncc(C(=O)NCC2(O)CCc3ccccc32)c1Cc1ccccc1. The molecule has 4 rings (SSSR count). The second-order valence-electron chi connectivity index (χ2n) is 7.16. The first-order chi connectivity index (χ1) is 13.1. The predicted molar refractivity (Wildman–Crippen MR) is 103 cm³/mol. The summed E-state index contributed by atoms with van der Waals surface area (Å²) in [6.07, 6.45) is 3.68. The van der Waals surface area contributed by atoms with Crippen molar-refractivity contribution in [3.63, 3.8) is 0 Å². The maximum absolute atomic E-state index is 12.8. The Bertz CT molecular complexity index is 965. The topological polar surface area (TPSA) is 67.2 Å². The number of aromatic nitrogens is 2. The van der Waals surface area contributed by atoms with Gasteiger partial charge in [0.05, 0.1) is 24.0 Å². The van der Waals surface area contributed by atoms with Crippen LogP contribution in [0.5, 0.6) is 0 Å². The molecule has 1 aliphatic carbocycles. The third-order valence-corrected chi connectivity index (χ3v) is 5.39. The highest BCUT2D eigenvalue weighted by atomic mass is 16.3. The van der Waals surface area contributed by atoms with Gasteiger partial charge in [0.15, 0.2) is 0 Å². The van der Waals surface area contributed by atoms with Crippen molar-refractivity contribution >= 4 is 5.91 Å². The second-order valence-corrected chi connectivity index (χ2v) is 7.16. The van der Waals surface area contributed by atoms with Crippen molar-refractivity contribution in [2.24, 2.45) is 7.05 Å². The minimum absolute atomic E-state index is 0.197. The zero-order chi connectivity index (χ0) is 18.9. The molecule has 1 heterocycles. The average Bonchev–Trinajstić information content (AvgIpc) is 3.22. The van der Waals surface area contributed by atoms with Crippen molar-refractivity contribution in [2.75, 3.05) is 6.54 Å². The Morgan fingerprint density at radius 3 is 2.74 bits per heavy atom. The number of aliphatic hydroxyl groups is 1. The van der Waals surface area contributed by atoms with E-state index in [1.54, 1.807) is 10.9 Å². The normalized spacial score (nSPS) is 18.3. The van der Waals surface area contributed by atoms with Crippen LogP contribution >= 0.6 is 0 Å².